The molecule has 4 rings (SSSR count). The predicted octanol–water partition coefficient (Wildman–Crippen LogP) is 3.31. The number of aromatic nitrogens is 3. The normalized spacial score (nSPS) is 11.1. The van der Waals surface area contributed by atoms with Gasteiger partial charge in [-0.15, -0.1) is 0 Å². The van der Waals surface area contributed by atoms with Crippen LogP contribution in [0.2, 0.25) is 0 Å². The highest BCUT2D eigenvalue weighted by Gasteiger charge is 2.14. The van der Waals surface area contributed by atoms with Crippen molar-refractivity contribution in [3.8, 4) is 0 Å². The van der Waals surface area contributed by atoms with Crippen molar-refractivity contribution < 1.29 is 4.79 Å². The fraction of sp³-hybridized carbons (Fsp3) is 0.0588. The van der Waals surface area contributed by atoms with Crippen molar-refractivity contribution >= 4 is 33.5 Å². The van der Waals surface area contributed by atoms with Crippen LogP contribution in [-0.2, 0) is 7.05 Å². The Bertz CT molecular complexity index is 996. The largest absolute Gasteiger partial charge is 0.350 e. The molecule has 0 saturated heterocycles. The van der Waals surface area contributed by atoms with Gasteiger partial charge in [0.05, 0.1) is 28.6 Å². The van der Waals surface area contributed by atoms with Crippen LogP contribution < -0.4 is 5.32 Å². The molecule has 4 aromatic rings. The summed E-state index contributed by atoms with van der Waals surface area (Å²) in [7, 11) is 1.94. The minimum atomic E-state index is -0.136. The summed E-state index contributed by atoms with van der Waals surface area (Å²) in [5, 5.41) is 4.01. The first-order valence-corrected chi connectivity index (χ1v) is 7.01. The average Bonchev–Trinajstić information content (AvgIpc) is 3.15. The van der Waals surface area contributed by atoms with E-state index in [0.717, 1.165) is 21.9 Å². The van der Waals surface area contributed by atoms with Gasteiger partial charge in [0.2, 0.25) is 0 Å². The number of fused-ring (bicyclic) bond motifs is 2. The number of H-pyrrole nitrogens is 1. The Morgan fingerprint density at radius 3 is 2.95 bits per heavy atom. The van der Waals surface area contributed by atoms with Gasteiger partial charge in [-0.25, -0.2) is 4.98 Å². The number of rotatable bonds is 2. The number of carbonyl (C=O) groups is 1. The van der Waals surface area contributed by atoms with Gasteiger partial charge in [-0.1, -0.05) is 18.2 Å². The lowest BCUT2D eigenvalue weighted by Gasteiger charge is -2.08. The van der Waals surface area contributed by atoms with Crippen molar-refractivity contribution in [2.24, 2.45) is 7.05 Å². The van der Waals surface area contributed by atoms with Gasteiger partial charge < -0.3 is 14.9 Å². The quantitative estimate of drug-likeness (QED) is 0.595. The molecule has 1 amide bonds. The molecule has 0 fully saturated rings. The third kappa shape index (κ3) is 1.87. The van der Waals surface area contributed by atoms with Crippen molar-refractivity contribution in [1.29, 1.82) is 0 Å². The Labute approximate surface area is 126 Å². The highest BCUT2D eigenvalue weighted by atomic mass is 16.1. The van der Waals surface area contributed by atoms with Crippen LogP contribution in [0.5, 0.6) is 0 Å². The van der Waals surface area contributed by atoms with Crippen molar-refractivity contribution in [3.05, 3.63) is 60.6 Å². The van der Waals surface area contributed by atoms with Crippen LogP contribution in [-0.4, -0.2) is 20.4 Å². The van der Waals surface area contributed by atoms with Gasteiger partial charge in [-0.2, -0.15) is 0 Å². The van der Waals surface area contributed by atoms with E-state index in [1.807, 2.05) is 60.3 Å². The SMILES string of the molecule is Cn1ccc2cccc(C(=O)Nc3cccc4[nH]cnc34)c21. The molecule has 2 N–H and O–H groups in total. The minimum absolute atomic E-state index is 0.136. The number of anilines is 1. The lowest BCUT2D eigenvalue weighted by atomic mass is 10.1. The number of nitrogens with one attached hydrogen (secondary N) is 2. The van der Waals surface area contributed by atoms with Crippen LogP contribution in [0.1, 0.15) is 10.4 Å². The monoisotopic (exact) mass is 290 g/mol. The second kappa shape index (κ2) is 4.73. The molecule has 0 aliphatic rings. The molecule has 0 unspecified atom stereocenters. The van der Waals surface area contributed by atoms with E-state index in [1.165, 1.54) is 0 Å². The molecule has 0 saturated carbocycles. The van der Waals surface area contributed by atoms with E-state index in [0.29, 0.717) is 11.3 Å². The zero-order chi connectivity index (χ0) is 15.1. The van der Waals surface area contributed by atoms with Crippen molar-refractivity contribution in [1.82, 2.24) is 14.5 Å². The number of para-hydroxylation sites is 2. The number of nitrogens with zero attached hydrogens (tertiary/aromatic N) is 2. The lowest BCUT2D eigenvalue weighted by Crippen LogP contribution is -2.13. The van der Waals surface area contributed by atoms with Gasteiger partial charge in [0.15, 0.2) is 0 Å². The molecule has 108 valence electrons. The average molecular weight is 290 g/mol. The van der Waals surface area contributed by atoms with E-state index < -0.39 is 0 Å². The summed E-state index contributed by atoms with van der Waals surface area (Å²) in [6, 6.07) is 13.4. The van der Waals surface area contributed by atoms with Gasteiger partial charge in [0.1, 0.15) is 5.52 Å². The number of aryl methyl sites for hydroxylation is 1. The zero-order valence-electron chi connectivity index (χ0n) is 12.0. The maximum Gasteiger partial charge on any atom is 0.257 e. The molecule has 0 aliphatic carbocycles. The molecule has 0 bridgehead atoms. The molecule has 5 heteroatoms. The molecular formula is C17H14N4O. The summed E-state index contributed by atoms with van der Waals surface area (Å²) < 4.78 is 1.96. The van der Waals surface area contributed by atoms with Crippen LogP contribution in [0.4, 0.5) is 5.69 Å². The standard InChI is InChI=1S/C17H14N4O/c1-21-9-8-11-4-2-5-12(16(11)21)17(22)20-14-7-3-6-13-15(14)19-10-18-13/h2-10H,1H3,(H,18,19)(H,20,22). The summed E-state index contributed by atoms with van der Waals surface area (Å²) in [5.41, 5.74) is 3.94. The molecule has 0 atom stereocenters. The third-order valence-corrected chi connectivity index (χ3v) is 3.84. The maximum absolute atomic E-state index is 12.7. The Morgan fingerprint density at radius 2 is 2.05 bits per heavy atom. The van der Waals surface area contributed by atoms with Crippen LogP contribution in [0.25, 0.3) is 21.9 Å². The number of hydrogen-bond donors (Lipinski definition) is 2. The van der Waals surface area contributed by atoms with Crippen molar-refractivity contribution in [3.63, 3.8) is 0 Å². The highest BCUT2D eigenvalue weighted by molar-refractivity contribution is 6.14. The first kappa shape index (κ1) is 12.6. The van der Waals surface area contributed by atoms with E-state index in [1.54, 1.807) is 6.33 Å². The van der Waals surface area contributed by atoms with Crippen molar-refractivity contribution in [2.75, 3.05) is 5.32 Å². The lowest BCUT2D eigenvalue weighted by molar-refractivity contribution is 0.102. The van der Waals surface area contributed by atoms with E-state index in [-0.39, 0.29) is 5.91 Å². The molecule has 0 spiro atoms. The van der Waals surface area contributed by atoms with Crippen LogP contribution in [0, 0.1) is 0 Å². The molecule has 2 aromatic carbocycles. The zero-order valence-corrected chi connectivity index (χ0v) is 12.0. The first-order valence-electron chi connectivity index (χ1n) is 7.01. The summed E-state index contributed by atoms with van der Waals surface area (Å²) >= 11 is 0. The Morgan fingerprint density at radius 1 is 1.18 bits per heavy atom. The Balaban J connectivity index is 1.78. The van der Waals surface area contributed by atoms with Crippen molar-refractivity contribution in [2.45, 2.75) is 0 Å². The van der Waals surface area contributed by atoms with Crippen LogP contribution in [0.3, 0.4) is 0 Å². The van der Waals surface area contributed by atoms with Crippen LogP contribution in [0.15, 0.2) is 55.0 Å². The molecule has 5 nitrogen and oxygen atoms in total. The number of aromatic amines is 1. The van der Waals surface area contributed by atoms with Gasteiger partial charge in [0, 0.05) is 18.6 Å². The first-order chi connectivity index (χ1) is 10.7. The Hall–Kier alpha value is -3.08. The molecule has 0 aliphatic heterocycles. The summed E-state index contributed by atoms with van der Waals surface area (Å²) in [6.45, 7) is 0. The number of benzene rings is 2. The van der Waals surface area contributed by atoms with Gasteiger partial charge in [-0.05, 0) is 24.3 Å². The molecule has 2 heterocycles. The number of amides is 1. The fourth-order valence-corrected chi connectivity index (χ4v) is 2.80. The molecule has 22 heavy (non-hydrogen) atoms. The molecular weight excluding hydrogens is 276 g/mol. The van der Waals surface area contributed by atoms with Crippen LogP contribution >= 0.6 is 0 Å². The topological polar surface area (TPSA) is 62.7 Å². The summed E-state index contributed by atoms with van der Waals surface area (Å²) in [4.78, 5) is 20.0. The second-order valence-corrected chi connectivity index (χ2v) is 5.23. The Kier molecular flexibility index (Phi) is 2.72. The highest BCUT2D eigenvalue weighted by Crippen LogP contribution is 2.23. The summed E-state index contributed by atoms with van der Waals surface area (Å²) in [6.07, 6.45) is 3.58. The smallest absolute Gasteiger partial charge is 0.257 e. The predicted molar refractivity (Wildman–Crippen MR) is 87.0 cm³/mol. The molecule has 0 radical (unpaired) electrons. The van der Waals surface area contributed by atoms with E-state index >= 15 is 0 Å². The van der Waals surface area contributed by atoms with E-state index in [2.05, 4.69) is 15.3 Å². The fourth-order valence-electron chi connectivity index (χ4n) is 2.80. The van der Waals surface area contributed by atoms with Gasteiger partial charge in [-0.3, -0.25) is 4.79 Å². The second-order valence-electron chi connectivity index (χ2n) is 5.23. The van der Waals surface area contributed by atoms with Gasteiger partial charge >= 0.3 is 0 Å². The van der Waals surface area contributed by atoms with E-state index in [4.69, 9.17) is 0 Å². The third-order valence-electron chi connectivity index (χ3n) is 3.84. The molecule has 2 aromatic heterocycles. The summed E-state index contributed by atoms with van der Waals surface area (Å²) in [5.74, 6) is -0.136. The number of hydrogen-bond acceptors (Lipinski definition) is 2. The maximum atomic E-state index is 12.7. The van der Waals surface area contributed by atoms with Gasteiger partial charge in [0.25, 0.3) is 5.91 Å². The van der Waals surface area contributed by atoms with E-state index in [9.17, 15) is 4.79 Å². The number of imidazole rings is 1. The minimum Gasteiger partial charge on any atom is -0.350 e. The number of carbonyl (C=O) groups excluding carboxylic acids is 1.